The number of phosphoric acid groups is 1. The summed E-state index contributed by atoms with van der Waals surface area (Å²) in [6.07, 6.45) is 65.3. The topological polar surface area (TPSA) is 108 Å². The average Bonchev–Trinajstić information content (AvgIpc) is 3.33. The minimum absolute atomic E-state index is 0.0301. The highest BCUT2D eigenvalue weighted by Gasteiger charge is 2.27. The number of carbonyl (C=O) groups is 2. The number of ether oxygens (including phenoxy) is 2. The summed E-state index contributed by atoms with van der Waals surface area (Å²) in [5.41, 5.74) is 0. The van der Waals surface area contributed by atoms with Crippen LogP contribution in [0.15, 0.2) is 36.5 Å². The lowest BCUT2D eigenvalue weighted by Crippen LogP contribution is -2.37. The van der Waals surface area contributed by atoms with Gasteiger partial charge in [-0.2, -0.15) is 0 Å². The van der Waals surface area contributed by atoms with Gasteiger partial charge in [-0.15, -0.1) is 0 Å². The van der Waals surface area contributed by atoms with Crippen LogP contribution in [0.3, 0.4) is 0 Å². The Morgan fingerprint density at radius 1 is 0.437 bits per heavy atom. The molecule has 0 radical (unpaired) electrons. The van der Waals surface area contributed by atoms with Crippen molar-refractivity contribution in [1.29, 1.82) is 0 Å². The first-order valence-electron chi connectivity index (χ1n) is 30.2. The minimum Gasteiger partial charge on any atom is -0.462 e. The van der Waals surface area contributed by atoms with Crippen molar-refractivity contribution >= 4 is 19.8 Å². The summed E-state index contributed by atoms with van der Waals surface area (Å²) in [5.74, 6) is -0.802. The molecule has 0 aromatic heterocycles. The number of allylic oxidation sites excluding steroid dienone is 6. The predicted molar refractivity (Wildman–Crippen MR) is 303 cm³/mol. The maximum atomic E-state index is 12.7. The molecule has 2 unspecified atom stereocenters. The summed E-state index contributed by atoms with van der Waals surface area (Å²) in [7, 11) is 1.48. The van der Waals surface area contributed by atoms with Gasteiger partial charge in [0.15, 0.2) is 6.10 Å². The predicted octanol–water partition coefficient (Wildman–Crippen LogP) is 18.8. The van der Waals surface area contributed by atoms with Gasteiger partial charge in [-0.3, -0.25) is 18.6 Å². The van der Waals surface area contributed by atoms with E-state index in [2.05, 4.69) is 50.3 Å². The Bertz CT molecular complexity index is 1300. The van der Waals surface area contributed by atoms with Crippen LogP contribution < -0.4 is 0 Å². The number of hydrogen-bond donors (Lipinski definition) is 1. The van der Waals surface area contributed by atoms with E-state index in [4.69, 9.17) is 18.5 Å². The molecule has 0 heterocycles. The van der Waals surface area contributed by atoms with Crippen LogP contribution in [0, 0.1) is 0 Å². The molecule has 0 bridgehead atoms. The summed E-state index contributed by atoms with van der Waals surface area (Å²) < 4.78 is 34.5. The van der Waals surface area contributed by atoms with E-state index >= 15 is 0 Å². The van der Waals surface area contributed by atoms with E-state index in [1.54, 1.807) is 0 Å². The Morgan fingerprint density at radius 2 is 0.775 bits per heavy atom. The molecule has 418 valence electrons. The maximum absolute atomic E-state index is 12.7. The van der Waals surface area contributed by atoms with Crippen LogP contribution in [0.25, 0.3) is 0 Å². The Kier molecular flexibility index (Phi) is 51.7. The monoisotopic (exact) mass is 1020 g/mol. The van der Waals surface area contributed by atoms with Gasteiger partial charge in [0.1, 0.15) is 19.8 Å². The number of carbonyl (C=O) groups excluding carboxylic acids is 2. The van der Waals surface area contributed by atoms with Gasteiger partial charge in [0.2, 0.25) is 0 Å². The number of quaternary nitrogens is 1. The molecule has 2 atom stereocenters. The van der Waals surface area contributed by atoms with Crippen LogP contribution in [-0.2, 0) is 32.7 Å². The lowest BCUT2D eigenvalue weighted by Gasteiger charge is -2.24. The number of likely N-dealkylation sites (N-methyl/N-ethyl adjacent to an activating group) is 1. The third-order valence-corrected chi connectivity index (χ3v) is 14.4. The van der Waals surface area contributed by atoms with Gasteiger partial charge < -0.3 is 18.9 Å². The van der Waals surface area contributed by atoms with Crippen molar-refractivity contribution in [3.8, 4) is 0 Å². The van der Waals surface area contributed by atoms with E-state index in [1.807, 2.05) is 21.1 Å². The first-order valence-corrected chi connectivity index (χ1v) is 31.7. The Morgan fingerprint density at radius 3 is 1.17 bits per heavy atom. The maximum Gasteiger partial charge on any atom is 0.472 e. The fourth-order valence-electron chi connectivity index (χ4n) is 8.68. The van der Waals surface area contributed by atoms with Crippen molar-refractivity contribution < 1.29 is 42.1 Å². The highest BCUT2D eigenvalue weighted by Crippen LogP contribution is 2.43. The smallest absolute Gasteiger partial charge is 0.462 e. The molecule has 0 aromatic carbocycles. The fraction of sp³-hybridized carbons (Fsp3) is 0.869. The third-order valence-electron chi connectivity index (χ3n) is 13.4. The van der Waals surface area contributed by atoms with E-state index < -0.39 is 26.5 Å². The van der Waals surface area contributed by atoms with Gasteiger partial charge in [-0.05, 0) is 64.2 Å². The van der Waals surface area contributed by atoms with Crippen molar-refractivity contribution in [2.45, 2.75) is 296 Å². The van der Waals surface area contributed by atoms with Gasteiger partial charge in [0, 0.05) is 12.8 Å². The zero-order valence-corrected chi connectivity index (χ0v) is 48.4. The summed E-state index contributed by atoms with van der Waals surface area (Å²) in [5, 5.41) is 0. The van der Waals surface area contributed by atoms with Crippen LogP contribution in [0.5, 0.6) is 0 Å². The lowest BCUT2D eigenvalue weighted by molar-refractivity contribution is -0.870. The minimum atomic E-state index is -4.38. The van der Waals surface area contributed by atoms with Gasteiger partial charge in [-0.1, -0.05) is 249 Å². The molecular formula is C61H117NO8P+. The van der Waals surface area contributed by atoms with Gasteiger partial charge >= 0.3 is 19.8 Å². The van der Waals surface area contributed by atoms with Crippen molar-refractivity contribution in [3.05, 3.63) is 36.5 Å². The summed E-state index contributed by atoms with van der Waals surface area (Å²) in [4.78, 5) is 35.6. The van der Waals surface area contributed by atoms with E-state index in [0.29, 0.717) is 17.4 Å². The summed E-state index contributed by atoms with van der Waals surface area (Å²) in [6, 6.07) is 0. The number of phosphoric ester groups is 1. The molecule has 0 aliphatic heterocycles. The quantitative estimate of drug-likeness (QED) is 0.0211. The molecule has 0 spiro atoms. The first kappa shape index (κ1) is 69.2. The molecule has 0 saturated heterocycles. The van der Waals surface area contributed by atoms with Crippen LogP contribution in [-0.4, -0.2) is 74.9 Å². The van der Waals surface area contributed by atoms with E-state index in [9.17, 15) is 19.0 Å². The number of esters is 2. The second-order valence-electron chi connectivity index (χ2n) is 21.7. The van der Waals surface area contributed by atoms with Crippen molar-refractivity contribution in [1.82, 2.24) is 0 Å². The van der Waals surface area contributed by atoms with Crippen LogP contribution in [0.4, 0.5) is 0 Å². The third kappa shape index (κ3) is 57.4. The van der Waals surface area contributed by atoms with Crippen LogP contribution >= 0.6 is 7.82 Å². The van der Waals surface area contributed by atoms with Gasteiger partial charge in [0.05, 0.1) is 27.7 Å². The number of unbranched alkanes of at least 4 members (excludes halogenated alkanes) is 36. The highest BCUT2D eigenvalue weighted by molar-refractivity contribution is 7.47. The summed E-state index contributed by atoms with van der Waals surface area (Å²) in [6.45, 7) is 4.41. The molecule has 1 N–H and O–H groups in total. The van der Waals surface area contributed by atoms with Crippen molar-refractivity contribution in [3.63, 3.8) is 0 Å². The van der Waals surface area contributed by atoms with E-state index in [0.717, 1.165) is 64.2 Å². The molecule has 0 amide bonds. The molecule has 71 heavy (non-hydrogen) atoms. The Labute approximate surface area is 440 Å². The number of hydrogen-bond acceptors (Lipinski definition) is 7. The van der Waals surface area contributed by atoms with E-state index in [-0.39, 0.29) is 32.0 Å². The second-order valence-corrected chi connectivity index (χ2v) is 23.2. The molecule has 9 nitrogen and oxygen atoms in total. The average molecular weight is 1020 g/mol. The normalized spacial score (nSPS) is 13.5. The SMILES string of the molecule is CCCC/C=C\C/C=C\CCCCCCCC(=O)OC(COC(=O)CCCCCCCCCCCCCCCCCCCCCCC/C=C\CCCCCCCCCC)COP(=O)(O)OCC[N+](C)(C)C. The zero-order valence-electron chi connectivity index (χ0n) is 47.5. The zero-order chi connectivity index (χ0) is 52.0. The van der Waals surface area contributed by atoms with Crippen LogP contribution in [0.1, 0.15) is 290 Å². The lowest BCUT2D eigenvalue weighted by atomic mass is 10.0. The molecule has 10 heteroatoms. The number of rotatable bonds is 56. The first-order chi connectivity index (χ1) is 34.5. The van der Waals surface area contributed by atoms with Gasteiger partial charge in [-0.25, -0.2) is 4.57 Å². The largest absolute Gasteiger partial charge is 0.472 e. The standard InChI is InChI=1S/C61H116NO8P/c1-6-8-10-12-14-16-18-20-22-23-24-25-26-27-28-29-30-31-32-33-34-35-36-37-38-39-40-42-43-45-47-49-51-53-60(63)67-57-59(58-69-71(65,66)68-56-55-62(3,4)5)70-61(64)54-52-50-48-46-44-41-21-19-17-15-13-11-9-7-2/h13,15,19,21,23-24,59H,6-12,14,16-18,20,22,25-58H2,1-5H3/p+1/b15-13-,21-19-,24-23-. The Hall–Kier alpha value is -1.77. The Balaban J connectivity index is 3.96. The molecule has 0 aliphatic carbocycles. The van der Waals surface area contributed by atoms with Gasteiger partial charge in [0.25, 0.3) is 0 Å². The summed E-state index contributed by atoms with van der Waals surface area (Å²) >= 11 is 0. The molecular weight excluding hydrogens is 906 g/mol. The highest BCUT2D eigenvalue weighted by atomic mass is 31.2. The number of nitrogens with zero attached hydrogens (tertiary/aromatic N) is 1. The van der Waals surface area contributed by atoms with Crippen molar-refractivity contribution in [2.75, 3.05) is 47.5 Å². The molecule has 0 fully saturated rings. The van der Waals surface area contributed by atoms with Crippen molar-refractivity contribution in [2.24, 2.45) is 0 Å². The van der Waals surface area contributed by atoms with E-state index in [1.165, 1.54) is 193 Å². The fourth-order valence-corrected chi connectivity index (χ4v) is 9.42. The molecule has 0 saturated carbocycles. The molecule has 0 rings (SSSR count). The second kappa shape index (κ2) is 53.1. The molecule has 0 aliphatic rings. The molecule has 0 aromatic rings. The van der Waals surface area contributed by atoms with Crippen LogP contribution in [0.2, 0.25) is 0 Å².